The molecular formula is C16H32N2O. The number of piperazine rings is 1. The van der Waals surface area contributed by atoms with E-state index in [1.807, 2.05) is 0 Å². The molecule has 2 fully saturated rings. The summed E-state index contributed by atoms with van der Waals surface area (Å²) >= 11 is 0. The van der Waals surface area contributed by atoms with Gasteiger partial charge in [0.25, 0.3) is 0 Å². The van der Waals surface area contributed by atoms with Crippen LogP contribution >= 0.6 is 0 Å². The van der Waals surface area contributed by atoms with Gasteiger partial charge in [0, 0.05) is 38.3 Å². The van der Waals surface area contributed by atoms with E-state index in [4.69, 9.17) is 4.74 Å². The second-order valence-electron chi connectivity index (χ2n) is 7.40. The van der Waals surface area contributed by atoms with E-state index in [2.05, 4.69) is 44.8 Å². The number of rotatable bonds is 4. The van der Waals surface area contributed by atoms with Crippen LogP contribution in [-0.2, 0) is 4.74 Å². The molecule has 0 aliphatic carbocycles. The Balaban J connectivity index is 2.02. The van der Waals surface area contributed by atoms with Gasteiger partial charge < -0.3 is 10.1 Å². The maximum absolute atomic E-state index is 6.00. The van der Waals surface area contributed by atoms with Crippen molar-refractivity contribution < 1.29 is 4.74 Å². The molecule has 0 saturated carbocycles. The topological polar surface area (TPSA) is 24.5 Å². The predicted octanol–water partition coefficient (Wildman–Crippen LogP) is 2.51. The molecule has 2 heterocycles. The molecule has 19 heavy (non-hydrogen) atoms. The SMILES string of the molecule is CC(C)C1CN(CC2(C)CCCO2)C(C(C)C)CN1. The Hall–Kier alpha value is -0.120. The maximum atomic E-state index is 6.00. The van der Waals surface area contributed by atoms with Crippen LogP contribution in [0.5, 0.6) is 0 Å². The summed E-state index contributed by atoms with van der Waals surface area (Å²) in [5.74, 6) is 1.40. The molecule has 2 rings (SSSR count). The van der Waals surface area contributed by atoms with Crippen LogP contribution in [0, 0.1) is 11.8 Å². The molecule has 3 heteroatoms. The molecule has 0 aromatic carbocycles. The number of hydrogen-bond acceptors (Lipinski definition) is 3. The molecule has 3 atom stereocenters. The van der Waals surface area contributed by atoms with Gasteiger partial charge in [-0.25, -0.2) is 0 Å². The first-order valence-electron chi connectivity index (χ1n) is 8.03. The zero-order valence-corrected chi connectivity index (χ0v) is 13.4. The summed E-state index contributed by atoms with van der Waals surface area (Å²) in [7, 11) is 0. The smallest absolute Gasteiger partial charge is 0.0781 e. The Labute approximate surface area is 119 Å². The van der Waals surface area contributed by atoms with E-state index >= 15 is 0 Å². The molecule has 2 aliphatic rings. The van der Waals surface area contributed by atoms with Crippen LogP contribution in [0.15, 0.2) is 0 Å². The third-order valence-electron chi connectivity index (χ3n) is 4.90. The van der Waals surface area contributed by atoms with Crippen molar-refractivity contribution in [3.05, 3.63) is 0 Å². The largest absolute Gasteiger partial charge is 0.374 e. The van der Waals surface area contributed by atoms with Crippen molar-refractivity contribution >= 4 is 0 Å². The van der Waals surface area contributed by atoms with Crippen molar-refractivity contribution in [2.24, 2.45) is 11.8 Å². The van der Waals surface area contributed by atoms with Gasteiger partial charge in [-0.05, 0) is 31.6 Å². The quantitative estimate of drug-likeness (QED) is 0.848. The molecule has 0 aromatic rings. The maximum Gasteiger partial charge on any atom is 0.0781 e. The minimum Gasteiger partial charge on any atom is -0.374 e. The normalized spacial score (nSPS) is 37.4. The van der Waals surface area contributed by atoms with Crippen molar-refractivity contribution in [2.45, 2.75) is 65.1 Å². The highest BCUT2D eigenvalue weighted by Gasteiger charge is 2.38. The Bertz CT molecular complexity index is 284. The summed E-state index contributed by atoms with van der Waals surface area (Å²) in [6, 6.07) is 1.27. The lowest BCUT2D eigenvalue weighted by molar-refractivity contribution is -0.0364. The molecule has 1 N–H and O–H groups in total. The molecule has 2 saturated heterocycles. The van der Waals surface area contributed by atoms with Crippen LogP contribution in [-0.4, -0.2) is 48.8 Å². The zero-order valence-electron chi connectivity index (χ0n) is 13.4. The van der Waals surface area contributed by atoms with Crippen LogP contribution < -0.4 is 5.32 Å². The van der Waals surface area contributed by atoms with Crippen molar-refractivity contribution in [3.63, 3.8) is 0 Å². The van der Waals surface area contributed by atoms with Gasteiger partial charge >= 0.3 is 0 Å². The second kappa shape index (κ2) is 6.11. The third-order valence-corrected chi connectivity index (χ3v) is 4.90. The molecule has 0 radical (unpaired) electrons. The monoisotopic (exact) mass is 268 g/mol. The minimum absolute atomic E-state index is 0.0893. The van der Waals surface area contributed by atoms with Crippen molar-refractivity contribution in [2.75, 3.05) is 26.2 Å². The highest BCUT2D eigenvalue weighted by Crippen LogP contribution is 2.29. The van der Waals surface area contributed by atoms with Crippen molar-refractivity contribution in [3.8, 4) is 0 Å². The van der Waals surface area contributed by atoms with Crippen molar-refractivity contribution in [1.82, 2.24) is 10.2 Å². The van der Waals surface area contributed by atoms with Gasteiger partial charge in [0.15, 0.2) is 0 Å². The summed E-state index contributed by atoms with van der Waals surface area (Å²) in [4.78, 5) is 2.69. The lowest BCUT2D eigenvalue weighted by atomic mass is 9.92. The highest BCUT2D eigenvalue weighted by molar-refractivity contribution is 4.93. The molecule has 3 nitrogen and oxygen atoms in total. The molecule has 112 valence electrons. The summed E-state index contributed by atoms with van der Waals surface area (Å²) in [6.45, 7) is 15.9. The average Bonchev–Trinajstić information content (AvgIpc) is 2.75. The van der Waals surface area contributed by atoms with Crippen LogP contribution in [0.1, 0.15) is 47.5 Å². The van der Waals surface area contributed by atoms with Gasteiger partial charge in [-0.3, -0.25) is 4.90 Å². The zero-order chi connectivity index (χ0) is 14.0. The van der Waals surface area contributed by atoms with Gasteiger partial charge in [0.2, 0.25) is 0 Å². The van der Waals surface area contributed by atoms with Gasteiger partial charge in [-0.1, -0.05) is 27.7 Å². The highest BCUT2D eigenvalue weighted by atomic mass is 16.5. The molecular weight excluding hydrogens is 236 g/mol. The van der Waals surface area contributed by atoms with E-state index in [9.17, 15) is 0 Å². The average molecular weight is 268 g/mol. The van der Waals surface area contributed by atoms with E-state index in [-0.39, 0.29) is 5.60 Å². The first-order valence-corrected chi connectivity index (χ1v) is 8.03. The van der Waals surface area contributed by atoms with Crippen LogP contribution in [0.4, 0.5) is 0 Å². The first kappa shape index (κ1) is 15.3. The van der Waals surface area contributed by atoms with Crippen molar-refractivity contribution in [1.29, 1.82) is 0 Å². The standard InChI is InChI=1S/C16H32N2O/c1-12(2)14-10-18(15(9-17-14)13(3)4)11-16(5)7-6-8-19-16/h12-15,17H,6-11H2,1-5H3. The van der Waals surface area contributed by atoms with Crippen LogP contribution in [0.2, 0.25) is 0 Å². The second-order valence-corrected chi connectivity index (χ2v) is 7.40. The van der Waals surface area contributed by atoms with E-state index < -0.39 is 0 Å². The fraction of sp³-hybridized carbons (Fsp3) is 1.00. The van der Waals surface area contributed by atoms with E-state index in [1.54, 1.807) is 0 Å². The lowest BCUT2D eigenvalue weighted by Gasteiger charge is -2.46. The molecule has 0 bridgehead atoms. The molecule has 0 aromatic heterocycles. The Morgan fingerprint density at radius 2 is 2.00 bits per heavy atom. The fourth-order valence-corrected chi connectivity index (χ4v) is 3.53. The Morgan fingerprint density at radius 1 is 1.26 bits per heavy atom. The number of nitrogens with one attached hydrogen (secondary N) is 1. The number of ether oxygens (including phenoxy) is 1. The Kier molecular flexibility index (Phi) is 4.91. The summed E-state index contributed by atoms with van der Waals surface area (Å²) in [5, 5.41) is 3.73. The number of hydrogen-bond donors (Lipinski definition) is 1. The van der Waals surface area contributed by atoms with Crippen LogP contribution in [0.3, 0.4) is 0 Å². The first-order chi connectivity index (χ1) is 8.91. The van der Waals surface area contributed by atoms with E-state index in [0.717, 1.165) is 19.7 Å². The van der Waals surface area contributed by atoms with Crippen LogP contribution in [0.25, 0.3) is 0 Å². The minimum atomic E-state index is 0.0893. The van der Waals surface area contributed by atoms with E-state index in [0.29, 0.717) is 23.9 Å². The molecule has 3 unspecified atom stereocenters. The molecule has 0 amide bonds. The summed E-state index contributed by atoms with van der Waals surface area (Å²) < 4.78 is 6.00. The Morgan fingerprint density at radius 3 is 2.53 bits per heavy atom. The fourth-order valence-electron chi connectivity index (χ4n) is 3.53. The predicted molar refractivity (Wildman–Crippen MR) is 80.4 cm³/mol. The van der Waals surface area contributed by atoms with E-state index in [1.165, 1.54) is 19.4 Å². The lowest BCUT2D eigenvalue weighted by Crippen LogP contribution is -2.62. The number of nitrogens with zero attached hydrogens (tertiary/aromatic N) is 1. The third kappa shape index (κ3) is 3.71. The van der Waals surface area contributed by atoms with Gasteiger partial charge in [0.05, 0.1) is 5.60 Å². The van der Waals surface area contributed by atoms with Gasteiger partial charge in [-0.15, -0.1) is 0 Å². The summed E-state index contributed by atoms with van der Waals surface area (Å²) in [6.07, 6.45) is 2.44. The molecule has 0 spiro atoms. The van der Waals surface area contributed by atoms with Gasteiger partial charge in [-0.2, -0.15) is 0 Å². The van der Waals surface area contributed by atoms with Gasteiger partial charge in [0.1, 0.15) is 0 Å². The molecule has 2 aliphatic heterocycles. The summed E-state index contributed by atoms with van der Waals surface area (Å²) in [5.41, 5.74) is 0.0893.